The molecule has 1 rings (SSSR count). The van der Waals surface area contributed by atoms with Crippen LogP contribution in [0.1, 0.15) is 43.0 Å². The summed E-state index contributed by atoms with van der Waals surface area (Å²) in [7, 11) is 1.28. The van der Waals surface area contributed by atoms with Crippen LogP contribution in [0.4, 0.5) is 0 Å². The Morgan fingerprint density at radius 1 is 1.35 bits per heavy atom. The molecule has 0 fully saturated rings. The molecule has 0 saturated carbocycles. The molecule has 0 spiro atoms. The molecule has 3 N–H and O–H groups in total. The lowest BCUT2D eigenvalue weighted by atomic mass is 9.81. The van der Waals surface area contributed by atoms with Crippen LogP contribution in [0.3, 0.4) is 0 Å². The molecule has 0 radical (unpaired) electrons. The van der Waals surface area contributed by atoms with Crippen molar-refractivity contribution in [2.75, 3.05) is 13.7 Å². The summed E-state index contributed by atoms with van der Waals surface area (Å²) < 4.78 is 9.82. The van der Waals surface area contributed by atoms with Gasteiger partial charge in [0.1, 0.15) is 5.76 Å². The molecule has 1 aromatic heterocycles. The molecule has 6 heteroatoms. The Labute approximate surface area is 118 Å². The van der Waals surface area contributed by atoms with Crippen molar-refractivity contribution in [3.63, 3.8) is 0 Å². The first-order chi connectivity index (χ1) is 9.52. The third kappa shape index (κ3) is 3.39. The molecule has 0 aliphatic heterocycles. The summed E-state index contributed by atoms with van der Waals surface area (Å²) in [5, 5.41) is 2.80. The fourth-order valence-electron chi connectivity index (χ4n) is 1.99. The van der Waals surface area contributed by atoms with Crippen molar-refractivity contribution >= 4 is 11.9 Å². The molecule has 1 amide bonds. The maximum absolute atomic E-state index is 12.2. The zero-order valence-electron chi connectivity index (χ0n) is 12.2. The van der Waals surface area contributed by atoms with Gasteiger partial charge in [0, 0.05) is 6.54 Å². The van der Waals surface area contributed by atoms with Gasteiger partial charge in [-0.05, 0) is 25.0 Å². The van der Waals surface area contributed by atoms with Gasteiger partial charge in [0.15, 0.2) is 0 Å². The van der Waals surface area contributed by atoms with E-state index in [1.54, 1.807) is 6.07 Å². The number of amides is 1. The normalized spacial score (nSPS) is 11.2. The molecule has 6 nitrogen and oxygen atoms in total. The summed E-state index contributed by atoms with van der Waals surface area (Å²) >= 11 is 0. The highest BCUT2D eigenvalue weighted by atomic mass is 16.5. The fraction of sp³-hybridized carbons (Fsp3) is 0.571. The molecule has 1 heterocycles. The summed E-state index contributed by atoms with van der Waals surface area (Å²) in [5.74, 6) is -0.0216. The Balaban J connectivity index is 2.65. The van der Waals surface area contributed by atoms with Crippen LogP contribution in [0, 0.1) is 5.41 Å². The Kier molecular flexibility index (Phi) is 5.76. The van der Waals surface area contributed by atoms with E-state index in [1.807, 2.05) is 13.8 Å². The van der Waals surface area contributed by atoms with Gasteiger partial charge in [-0.1, -0.05) is 13.8 Å². The predicted molar refractivity (Wildman–Crippen MR) is 74.0 cm³/mol. The van der Waals surface area contributed by atoms with E-state index >= 15 is 0 Å². The minimum atomic E-state index is -0.544. The van der Waals surface area contributed by atoms with Crippen molar-refractivity contribution in [1.29, 1.82) is 0 Å². The first-order valence-electron chi connectivity index (χ1n) is 6.68. The number of methoxy groups -OCH3 is 1. The van der Waals surface area contributed by atoms with Gasteiger partial charge in [0.25, 0.3) is 0 Å². The number of carbonyl (C=O) groups is 2. The molecule has 0 saturated heterocycles. The quantitative estimate of drug-likeness (QED) is 0.738. The number of hydrogen-bond donors (Lipinski definition) is 2. The number of nitrogens with two attached hydrogens (primary N) is 1. The molecule has 0 aliphatic rings. The number of ether oxygens (including phenoxy) is 1. The second-order valence-corrected chi connectivity index (χ2v) is 4.63. The molecular weight excluding hydrogens is 260 g/mol. The van der Waals surface area contributed by atoms with Gasteiger partial charge in [-0.3, -0.25) is 4.79 Å². The second kappa shape index (κ2) is 7.09. The first kappa shape index (κ1) is 16.2. The number of esters is 1. The van der Waals surface area contributed by atoms with Crippen LogP contribution in [0.15, 0.2) is 16.5 Å². The van der Waals surface area contributed by atoms with Crippen LogP contribution in [-0.4, -0.2) is 25.5 Å². The smallest absolute Gasteiger partial charge is 0.373 e. The second-order valence-electron chi connectivity index (χ2n) is 4.63. The van der Waals surface area contributed by atoms with Gasteiger partial charge < -0.3 is 20.2 Å². The summed E-state index contributed by atoms with van der Waals surface area (Å²) in [6.45, 7) is 4.41. The van der Waals surface area contributed by atoms with E-state index in [2.05, 4.69) is 10.1 Å². The SMILES string of the molecule is CCC(CC)(CN)C(=O)NCc1ccc(C(=O)OC)o1. The van der Waals surface area contributed by atoms with Gasteiger partial charge >= 0.3 is 5.97 Å². The van der Waals surface area contributed by atoms with E-state index in [4.69, 9.17) is 10.2 Å². The maximum Gasteiger partial charge on any atom is 0.373 e. The van der Waals surface area contributed by atoms with E-state index in [0.717, 1.165) is 0 Å². The monoisotopic (exact) mass is 282 g/mol. The average Bonchev–Trinajstić information content (AvgIpc) is 2.95. The Bertz CT molecular complexity index is 455. The van der Waals surface area contributed by atoms with E-state index < -0.39 is 11.4 Å². The number of rotatable bonds is 7. The molecule has 0 bridgehead atoms. The highest BCUT2D eigenvalue weighted by Gasteiger charge is 2.33. The third-order valence-electron chi connectivity index (χ3n) is 3.70. The van der Waals surface area contributed by atoms with Crippen molar-refractivity contribution in [1.82, 2.24) is 5.32 Å². The minimum Gasteiger partial charge on any atom is -0.463 e. The van der Waals surface area contributed by atoms with Gasteiger partial charge in [-0.2, -0.15) is 0 Å². The van der Waals surface area contributed by atoms with Gasteiger partial charge in [-0.15, -0.1) is 0 Å². The predicted octanol–water partition coefficient (Wildman–Crippen LogP) is 1.45. The summed E-state index contributed by atoms with van der Waals surface area (Å²) in [5.41, 5.74) is 5.17. The van der Waals surface area contributed by atoms with Crippen LogP contribution in [0.2, 0.25) is 0 Å². The molecule has 0 unspecified atom stereocenters. The Morgan fingerprint density at radius 3 is 2.50 bits per heavy atom. The molecule has 1 aromatic rings. The molecule has 0 atom stereocenters. The topological polar surface area (TPSA) is 94.6 Å². The van der Waals surface area contributed by atoms with Crippen LogP contribution in [-0.2, 0) is 16.1 Å². The lowest BCUT2D eigenvalue weighted by Gasteiger charge is -2.28. The molecular formula is C14H22N2O4. The van der Waals surface area contributed by atoms with Crippen molar-refractivity contribution < 1.29 is 18.7 Å². The standard InChI is InChI=1S/C14H22N2O4/c1-4-14(5-2,9-15)13(18)16-8-10-6-7-11(20-10)12(17)19-3/h6-7H,4-5,8-9,15H2,1-3H3,(H,16,18). The van der Waals surface area contributed by atoms with Crippen molar-refractivity contribution in [3.8, 4) is 0 Å². The number of carbonyl (C=O) groups excluding carboxylic acids is 2. The number of furan rings is 1. The highest BCUT2D eigenvalue weighted by Crippen LogP contribution is 2.25. The van der Waals surface area contributed by atoms with Gasteiger partial charge in [0.2, 0.25) is 11.7 Å². The Morgan fingerprint density at radius 2 is 2.00 bits per heavy atom. The zero-order valence-corrected chi connectivity index (χ0v) is 12.2. The molecule has 112 valence electrons. The van der Waals surface area contributed by atoms with Crippen LogP contribution in [0.5, 0.6) is 0 Å². The van der Waals surface area contributed by atoms with Crippen LogP contribution >= 0.6 is 0 Å². The maximum atomic E-state index is 12.2. The summed E-state index contributed by atoms with van der Waals surface area (Å²) in [6, 6.07) is 3.15. The van der Waals surface area contributed by atoms with E-state index in [-0.39, 0.29) is 18.2 Å². The van der Waals surface area contributed by atoms with Gasteiger partial charge in [-0.25, -0.2) is 4.79 Å². The van der Waals surface area contributed by atoms with E-state index in [0.29, 0.717) is 25.1 Å². The molecule has 0 aromatic carbocycles. The van der Waals surface area contributed by atoms with Gasteiger partial charge in [0.05, 0.1) is 19.1 Å². The Hall–Kier alpha value is -1.82. The lowest BCUT2D eigenvalue weighted by Crippen LogP contribution is -2.44. The highest BCUT2D eigenvalue weighted by molar-refractivity contribution is 5.86. The van der Waals surface area contributed by atoms with Crippen LogP contribution < -0.4 is 11.1 Å². The van der Waals surface area contributed by atoms with Crippen LogP contribution in [0.25, 0.3) is 0 Å². The van der Waals surface area contributed by atoms with Crippen molar-refractivity contribution in [2.45, 2.75) is 33.2 Å². The van der Waals surface area contributed by atoms with Crippen molar-refractivity contribution in [2.24, 2.45) is 11.1 Å². The average molecular weight is 282 g/mol. The zero-order chi connectivity index (χ0) is 15.2. The summed E-state index contributed by atoms with van der Waals surface area (Å²) in [4.78, 5) is 23.4. The van der Waals surface area contributed by atoms with E-state index in [9.17, 15) is 9.59 Å². The third-order valence-corrected chi connectivity index (χ3v) is 3.70. The molecule has 0 aliphatic carbocycles. The van der Waals surface area contributed by atoms with Crippen molar-refractivity contribution in [3.05, 3.63) is 23.7 Å². The number of hydrogen-bond acceptors (Lipinski definition) is 5. The summed E-state index contributed by atoms with van der Waals surface area (Å²) in [6.07, 6.45) is 1.36. The van der Waals surface area contributed by atoms with E-state index in [1.165, 1.54) is 13.2 Å². The lowest BCUT2D eigenvalue weighted by molar-refractivity contribution is -0.131. The molecule has 20 heavy (non-hydrogen) atoms. The largest absolute Gasteiger partial charge is 0.463 e. The number of nitrogens with one attached hydrogen (secondary N) is 1. The minimum absolute atomic E-state index is 0.0963. The first-order valence-corrected chi connectivity index (χ1v) is 6.68. The fourth-order valence-corrected chi connectivity index (χ4v) is 1.99.